The highest BCUT2D eigenvalue weighted by atomic mass is 35.5. The van der Waals surface area contributed by atoms with Gasteiger partial charge in [0.1, 0.15) is 5.76 Å². The predicted octanol–water partition coefficient (Wildman–Crippen LogP) is 5.45. The maximum atomic E-state index is 13.2. The molecule has 0 aromatic heterocycles. The Morgan fingerprint density at radius 1 is 1.18 bits per heavy atom. The van der Waals surface area contributed by atoms with Crippen molar-refractivity contribution in [2.24, 2.45) is 5.73 Å². The summed E-state index contributed by atoms with van der Waals surface area (Å²) in [5, 5.41) is 0.332. The fourth-order valence-electron chi connectivity index (χ4n) is 3.38. The van der Waals surface area contributed by atoms with Crippen molar-refractivity contribution in [3.8, 4) is 0 Å². The number of nitrogens with two attached hydrogens (primary N) is 1. The molecule has 2 aromatic carbocycles. The lowest BCUT2D eigenvalue weighted by Gasteiger charge is -2.25. The minimum absolute atomic E-state index is 0.0190. The van der Waals surface area contributed by atoms with Crippen LogP contribution >= 0.6 is 11.6 Å². The van der Waals surface area contributed by atoms with Crippen LogP contribution in [-0.2, 0) is 27.9 Å². The van der Waals surface area contributed by atoms with Gasteiger partial charge in [-0.25, -0.2) is 0 Å². The van der Waals surface area contributed by atoms with Gasteiger partial charge >= 0.3 is 6.18 Å². The van der Waals surface area contributed by atoms with Gasteiger partial charge < -0.3 is 4.74 Å². The minimum Gasteiger partial charge on any atom is -0.465 e. The summed E-state index contributed by atoms with van der Waals surface area (Å²) in [6.45, 7) is 3.50. The number of ether oxygens (including phenoxy) is 1. The van der Waals surface area contributed by atoms with Gasteiger partial charge in [-0.3, -0.25) is 10.5 Å². The normalized spacial score (nSPS) is 19.9. The second-order valence-electron chi connectivity index (χ2n) is 6.71. The van der Waals surface area contributed by atoms with E-state index in [-0.39, 0.29) is 16.9 Å². The Hall–Kier alpha value is -2.31. The lowest BCUT2D eigenvalue weighted by molar-refractivity contribution is -0.137. The van der Waals surface area contributed by atoms with Gasteiger partial charge in [0.15, 0.2) is 0 Å². The fourth-order valence-corrected chi connectivity index (χ4v) is 3.74. The third-order valence-corrected chi connectivity index (χ3v) is 5.15. The van der Waals surface area contributed by atoms with Crippen molar-refractivity contribution >= 4 is 23.0 Å². The third-order valence-electron chi connectivity index (χ3n) is 4.71. The first kappa shape index (κ1) is 20.4. The van der Waals surface area contributed by atoms with E-state index >= 15 is 0 Å². The number of rotatable bonds is 4. The van der Waals surface area contributed by atoms with E-state index in [1.807, 2.05) is 13.0 Å². The van der Waals surface area contributed by atoms with E-state index in [1.54, 1.807) is 12.1 Å². The second kappa shape index (κ2) is 7.26. The van der Waals surface area contributed by atoms with E-state index < -0.39 is 23.2 Å². The van der Waals surface area contributed by atoms with Gasteiger partial charge in [-0.1, -0.05) is 55.3 Å². The van der Waals surface area contributed by atoms with Crippen molar-refractivity contribution in [3.63, 3.8) is 0 Å². The highest BCUT2D eigenvalue weighted by Gasteiger charge is 2.48. The summed E-state index contributed by atoms with van der Waals surface area (Å²) in [4.78, 5) is 13.2. The largest absolute Gasteiger partial charge is 0.465 e. The molecule has 1 aliphatic rings. The van der Waals surface area contributed by atoms with Crippen LogP contribution in [0.25, 0.3) is 5.57 Å². The molecule has 1 atom stereocenters. The quantitative estimate of drug-likeness (QED) is 0.730. The Morgan fingerprint density at radius 2 is 1.86 bits per heavy atom. The zero-order chi connectivity index (χ0) is 20.7. The summed E-state index contributed by atoms with van der Waals surface area (Å²) in [6, 6.07) is 9.71. The molecular formula is C21H19ClF3NO2. The molecule has 0 spiro atoms. The molecule has 0 radical (unpaired) electrons. The van der Waals surface area contributed by atoms with E-state index in [1.165, 1.54) is 19.1 Å². The number of aryl methyl sites for hydroxylation is 1. The molecule has 0 saturated heterocycles. The van der Waals surface area contributed by atoms with E-state index in [2.05, 4.69) is 0 Å². The average Bonchev–Trinajstić information content (AvgIpc) is 2.86. The standard InChI is InChI=1S/C21H19ClF3NO2/c1-3-6-13-7-5-10-16(18(13)22)20(26)19(27)17(12(2)28-20)14-8-4-9-15(11-14)21(23,24)25/h4-5,7-11H,3,6,26H2,1-2H3. The van der Waals surface area contributed by atoms with Crippen LogP contribution in [0.1, 0.15) is 42.5 Å². The number of carbonyl (C=O) groups excluding carboxylic acids is 1. The molecule has 148 valence electrons. The number of carbonyl (C=O) groups is 1. The molecule has 3 rings (SSSR count). The molecule has 7 heteroatoms. The van der Waals surface area contributed by atoms with Crippen LogP contribution in [0.15, 0.2) is 48.2 Å². The SMILES string of the molecule is CCCc1cccc(C2(N)OC(C)=C(c3cccc(C(F)(F)F)c3)C2=O)c1Cl. The van der Waals surface area contributed by atoms with Gasteiger partial charge in [0.05, 0.1) is 16.2 Å². The summed E-state index contributed by atoms with van der Waals surface area (Å²) < 4.78 is 44.9. The fraction of sp³-hybridized carbons (Fsp3) is 0.286. The minimum atomic E-state index is -4.52. The molecule has 3 nitrogen and oxygen atoms in total. The molecule has 28 heavy (non-hydrogen) atoms. The molecule has 1 unspecified atom stereocenters. The molecule has 0 fully saturated rings. The van der Waals surface area contributed by atoms with Crippen LogP contribution in [0.5, 0.6) is 0 Å². The Morgan fingerprint density at radius 3 is 2.50 bits per heavy atom. The van der Waals surface area contributed by atoms with E-state index in [4.69, 9.17) is 22.1 Å². The number of halogens is 4. The Kier molecular flexibility index (Phi) is 5.30. The first-order valence-corrected chi connectivity index (χ1v) is 9.16. The van der Waals surface area contributed by atoms with Gasteiger partial charge in [-0.05, 0) is 36.6 Å². The van der Waals surface area contributed by atoms with Crippen LogP contribution in [0.3, 0.4) is 0 Å². The molecule has 1 aliphatic heterocycles. The number of hydrogen-bond donors (Lipinski definition) is 1. The van der Waals surface area contributed by atoms with Crippen LogP contribution in [0, 0.1) is 0 Å². The first-order chi connectivity index (χ1) is 13.1. The lowest BCUT2D eigenvalue weighted by Crippen LogP contribution is -2.44. The molecule has 0 aliphatic carbocycles. The van der Waals surface area contributed by atoms with Gasteiger partial charge in [0, 0.05) is 5.56 Å². The maximum absolute atomic E-state index is 13.2. The highest BCUT2D eigenvalue weighted by Crippen LogP contribution is 2.43. The summed E-state index contributed by atoms with van der Waals surface area (Å²) in [5.41, 5.74) is 4.83. The van der Waals surface area contributed by atoms with Crippen molar-refractivity contribution in [1.29, 1.82) is 0 Å². The third kappa shape index (κ3) is 3.42. The van der Waals surface area contributed by atoms with Crippen LogP contribution in [0.2, 0.25) is 5.02 Å². The lowest BCUT2D eigenvalue weighted by atomic mass is 9.90. The Labute approximate surface area is 165 Å². The topological polar surface area (TPSA) is 52.3 Å². The van der Waals surface area contributed by atoms with Crippen molar-refractivity contribution in [2.45, 2.75) is 38.6 Å². The number of allylic oxidation sites excluding steroid dienone is 1. The first-order valence-electron chi connectivity index (χ1n) is 8.78. The number of hydrogen-bond acceptors (Lipinski definition) is 3. The zero-order valence-electron chi connectivity index (χ0n) is 15.4. The Bertz CT molecular complexity index is 968. The summed E-state index contributed by atoms with van der Waals surface area (Å²) in [7, 11) is 0. The molecule has 0 amide bonds. The predicted molar refractivity (Wildman–Crippen MR) is 101 cm³/mol. The molecule has 2 aromatic rings. The van der Waals surface area contributed by atoms with E-state index in [9.17, 15) is 18.0 Å². The van der Waals surface area contributed by atoms with Crippen molar-refractivity contribution < 1.29 is 22.7 Å². The van der Waals surface area contributed by atoms with Crippen molar-refractivity contribution in [2.75, 3.05) is 0 Å². The molecular weight excluding hydrogens is 391 g/mol. The molecule has 0 saturated carbocycles. The number of Topliss-reactive ketones (excluding diaryl/α,β-unsaturated/α-hetero) is 1. The smallest absolute Gasteiger partial charge is 0.416 e. The summed E-state index contributed by atoms with van der Waals surface area (Å²) >= 11 is 6.47. The zero-order valence-corrected chi connectivity index (χ0v) is 16.1. The highest BCUT2D eigenvalue weighted by molar-refractivity contribution is 6.34. The van der Waals surface area contributed by atoms with Crippen LogP contribution in [0.4, 0.5) is 13.2 Å². The van der Waals surface area contributed by atoms with Gasteiger partial charge in [-0.15, -0.1) is 0 Å². The summed E-state index contributed by atoms with van der Waals surface area (Å²) in [5.74, 6) is -0.469. The molecule has 1 heterocycles. The van der Waals surface area contributed by atoms with Crippen LogP contribution < -0.4 is 5.73 Å². The monoisotopic (exact) mass is 409 g/mol. The Balaban J connectivity index is 2.05. The number of benzene rings is 2. The maximum Gasteiger partial charge on any atom is 0.416 e. The summed E-state index contributed by atoms with van der Waals surface area (Å²) in [6.07, 6.45) is -2.98. The molecule has 0 bridgehead atoms. The van der Waals surface area contributed by atoms with Crippen molar-refractivity contribution in [3.05, 3.63) is 75.5 Å². The van der Waals surface area contributed by atoms with Gasteiger partial charge in [0.25, 0.3) is 0 Å². The van der Waals surface area contributed by atoms with Gasteiger partial charge in [0.2, 0.25) is 11.5 Å². The van der Waals surface area contributed by atoms with E-state index in [0.29, 0.717) is 17.0 Å². The van der Waals surface area contributed by atoms with Crippen molar-refractivity contribution in [1.82, 2.24) is 0 Å². The van der Waals surface area contributed by atoms with Crippen LogP contribution in [-0.4, -0.2) is 5.78 Å². The second-order valence-corrected chi connectivity index (χ2v) is 7.08. The number of alkyl halides is 3. The molecule has 2 N–H and O–H groups in total. The number of ketones is 1. The average molecular weight is 410 g/mol. The van der Waals surface area contributed by atoms with Gasteiger partial charge in [-0.2, -0.15) is 13.2 Å². The van der Waals surface area contributed by atoms with E-state index in [0.717, 1.165) is 24.1 Å².